The smallest absolute Gasteiger partial charge is 0.252 e. The van der Waals surface area contributed by atoms with Gasteiger partial charge < -0.3 is 14.6 Å². The first kappa shape index (κ1) is 20.1. The zero-order valence-corrected chi connectivity index (χ0v) is 16.4. The molecule has 156 valence electrons. The van der Waals surface area contributed by atoms with Gasteiger partial charge in [0.05, 0.1) is 31.0 Å². The first-order valence-corrected chi connectivity index (χ1v) is 9.79. The van der Waals surface area contributed by atoms with E-state index in [9.17, 15) is 9.18 Å². The molecule has 0 atom stereocenters. The van der Waals surface area contributed by atoms with Gasteiger partial charge in [-0.2, -0.15) is 4.98 Å². The van der Waals surface area contributed by atoms with Crippen LogP contribution in [0.3, 0.4) is 0 Å². The minimum absolute atomic E-state index is 0.249. The predicted octanol–water partition coefficient (Wildman–Crippen LogP) is 2.08. The number of morpholine rings is 1. The predicted molar refractivity (Wildman–Crippen MR) is 106 cm³/mol. The van der Waals surface area contributed by atoms with Crippen LogP contribution in [0.1, 0.15) is 22.1 Å². The second kappa shape index (κ2) is 9.55. The third kappa shape index (κ3) is 5.25. The number of pyridine rings is 1. The molecule has 0 bridgehead atoms. The van der Waals surface area contributed by atoms with E-state index in [1.54, 1.807) is 24.3 Å². The number of halogens is 1. The van der Waals surface area contributed by atoms with E-state index in [-0.39, 0.29) is 11.7 Å². The minimum Gasteiger partial charge on any atom is -0.379 e. The number of hydrogen-bond acceptors (Lipinski definition) is 7. The number of carbonyl (C=O) groups is 1. The fraction of sp³-hybridized carbons (Fsp3) is 0.333. The largest absolute Gasteiger partial charge is 0.379 e. The first-order valence-electron chi connectivity index (χ1n) is 9.79. The molecule has 0 spiro atoms. The van der Waals surface area contributed by atoms with Crippen molar-refractivity contribution >= 4 is 5.91 Å². The lowest BCUT2D eigenvalue weighted by molar-refractivity contribution is 0.0327. The number of ether oxygens (including phenoxy) is 1. The highest BCUT2D eigenvalue weighted by molar-refractivity contribution is 5.94. The Labute approximate surface area is 173 Å². The van der Waals surface area contributed by atoms with Gasteiger partial charge >= 0.3 is 0 Å². The molecule has 3 heterocycles. The van der Waals surface area contributed by atoms with Gasteiger partial charge in [-0.15, -0.1) is 0 Å². The molecule has 0 aliphatic carbocycles. The summed E-state index contributed by atoms with van der Waals surface area (Å²) in [4.78, 5) is 23.1. The Morgan fingerprint density at radius 3 is 2.83 bits per heavy atom. The van der Waals surface area contributed by atoms with Crippen molar-refractivity contribution in [2.24, 2.45) is 0 Å². The number of rotatable bonds is 7. The normalized spacial score (nSPS) is 14.6. The number of aromatic nitrogens is 3. The van der Waals surface area contributed by atoms with Crippen molar-refractivity contribution in [3.8, 4) is 11.3 Å². The Kier molecular flexibility index (Phi) is 6.41. The second-order valence-corrected chi connectivity index (χ2v) is 6.94. The zero-order valence-electron chi connectivity index (χ0n) is 16.4. The Hall–Kier alpha value is -3.17. The van der Waals surface area contributed by atoms with E-state index in [1.165, 1.54) is 18.3 Å². The van der Waals surface area contributed by atoms with Gasteiger partial charge in [0.1, 0.15) is 5.82 Å². The molecule has 0 unspecified atom stereocenters. The average Bonchev–Trinajstić information content (AvgIpc) is 3.21. The number of benzene rings is 1. The summed E-state index contributed by atoms with van der Waals surface area (Å²) in [5, 5.41) is 6.81. The van der Waals surface area contributed by atoms with Crippen LogP contribution in [0, 0.1) is 5.82 Å². The summed E-state index contributed by atoms with van der Waals surface area (Å²) in [5.74, 6) is 0.542. The van der Waals surface area contributed by atoms with Gasteiger partial charge in [-0.1, -0.05) is 17.3 Å². The van der Waals surface area contributed by atoms with Gasteiger partial charge in [-0.25, -0.2) is 4.39 Å². The Balaban J connectivity index is 1.26. The van der Waals surface area contributed by atoms with Crippen molar-refractivity contribution in [1.29, 1.82) is 0 Å². The molecule has 0 saturated carbocycles. The molecule has 1 aliphatic heterocycles. The van der Waals surface area contributed by atoms with E-state index in [0.717, 1.165) is 26.3 Å². The molecule has 3 aromatic rings. The second-order valence-electron chi connectivity index (χ2n) is 6.94. The SMILES string of the molecule is O=C(NCCc1nc(CN2CCOCC2)no1)c1ccc(-c2cccc(F)c2)nc1. The topological polar surface area (TPSA) is 93.4 Å². The molecule has 1 fully saturated rings. The highest BCUT2D eigenvalue weighted by Gasteiger charge is 2.15. The van der Waals surface area contributed by atoms with E-state index >= 15 is 0 Å². The Morgan fingerprint density at radius 2 is 2.07 bits per heavy atom. The quantitative estimate of drug-likeness (QED) is 0.636. The standard InChI is InChI=1S/C21H22FN5O3/c22-17-3-1-2-15(12-17)18-5-4-16(13-24-18)21(28)23-7-6-20-25-19(26-30-20)14-27-8-10-29-11-9-27/h1-5,12-13H,6-11,14H2,(H,23,28). The maximum absolute atomic E-state index is 13.3. The van der Waals surface area contributed by atoms with Crippen molar-refractivity contribution in [2.75, 3.05) is 32.8 Å². The van der Waals surface area contributed by atoms with Crippen LogP contribution in [0.5, 0.6) is 0 Å². The highest BCUT2D eigenvalue weighted by Crippen LogP contribution is 2.18. The molecule has 30 heavy (non-hydrogen) atoms. The number of carbonyl (C=O) groups excluding carboxylic acids is 1. The van der Waals surface area contributed by atoms with Gasteiger partial charge in [0.15, 0.2) is 5.82 Å². The summed E-state index contributed by atoms with van der Waals surface area (Å²) in [6.07, 6.45) is 1.92. The van der Waals surface area contributed by atoms with Crippen LogP contribution in [0.25, 0.3) is 11.3 Å². The van der Waals surface area contributed by atoms with Gasteiger partial charge in [-0.3, -0.25) is 14.7 Å². The summed E-state index contributed by atoms with van der Waals surface area (Å²) in [7, 11) is 0. The first-order chi connectivity index (χ1) is 14.7. The van der Waals surface area contributed by atoms with Crippen LogP contribution in [0.15, 0.2) is 47.1 Å². The van der Waals surface area contributed by atoms with Gasteiger partial charge in [0.25, 0.3) is 5.91 Å². The molecule has 1 saturated heterocycles. The van der Waals surface area contributed by atoms with E-state index in [0.29, 0.717) is 48.0 Å². The molecule has 1 N–H and O–H groups in total. The van der Waals surface area contributed by atoms with Crippen molar-refractivity contribution in [3.05, 3.63) is 65.7 Å². The van der Waals surface area contributed by atoms with E-state index in [4.69, 9.17) is 9.26 Å². The molecule has 1 amide bonds. The number of hydrogen-bond donors (Lipinski definition) is 1. The van der Waals surface area contributed by atoms with Crippen LogP contribution < -0.4 is 5.32 Å². The van der Waals surface area contributed by atoms with Crippen LogP contribution in [-0.4, -0.2) is 58.8 Å². The summed E-state index contributed by atoms with van der Waals surface area (Å²) >= 11 is 0. The monoisotopic (exact) mass is 411 g/mol. The molecule has 2 aromatic heterocycles. The fourth-order valence-corrected chi connectivity index (χ4v) is 3.15. The average molecular weight is 411 g/mol. The molecular weight excluding hydrogens is 389 g/mol. The lowest BCUT2D eigenvalue weighted by atomic mass is 10.1. The minimum atomic E-state index is -0.328. The zero-order chi connectivity index (χ0) is 20.8. The fourth-order valence-electron chi connectivity index (χ4n) is 3.15. The van der Waals surface area contributed by atoms with Crippen LogP contribution in [-0.2, 0) is 17.7 Å². The van der Waals surface area contributed by atoms with Crippen molar-refractivity contribution < 1.29 is 18.4 Å². The Morgan fingerprint density at radius 1 is 1.20 bits per heavy atom. The molecular formula is C21H22FN5O3. The van der Waals surface area contributed by atoms with Gasteiger partial charge in [0, 0.05) is 37.8 Å². The van der Waals surface area contributed by atoms with E-state index in [1.807, 2.05) is 0 Å². The maximum atomic E-state index is 13.3. The lowest BCUT2D eigenvalue weighted by Crippen LogP contribution is -2.35. The van der Waals surface area contributed by atoms with Gasteiger partial charge in [0.2, 0.25) is 5.89 Å². The number of nitrogens with one attached hydrogen (secondary N) is 1. The molecule has 8 nitrogen and oxygen atoms in total. The number of nitrogens with zero attached hydrogens (tertiary/aromatic N) is 4. The molecule has 1 aromatic carbocycles. The third-order valence-corrected chi connectivity index (χ3v) is 4.75. The van der Waals surface area contributed by atoms with Crippen LogP contribution in [0.2, 0.25) is 0 Å². The van der Waals surface area contributed by atoms with Crippen molar-refractivity contribution in [3.63, 3.8) is 0 Å². The Bertz CT molecular complexity index is 986. The van der Waals surface area contributed by atoms with Crippen molar-refractivity contribution in [2.45, 2.75) is 13.0 Å². The lowest BCUT2D eigenvalue weighted by Gasteiger charge is -2.24. The highest BCUT2D eigenvalue weighted by atomic mass is 19.1. The van der Waals surface area contributed by atoms with Gasteiger partial charge in [-0.05, 0) is 24.3 Å². The molecule has 9 heteroatoms. The summed E-state index contributed by atoms with van der Waals surface area (Å²) in [5.41, 5.74) is 1.68. The van der Waals surface area contributed by atoms with Crippen LogP contribution >= 0.6 is 0 Å². The van der Waals surface area contributed by atoms with Crippen molar-refractivity contribution in [1.82, 2.24) is 25.3 Å². The summed E-state index contributed by atoms with van der Waals surface area (Å²) < 4.78 is 23.9. The maximum Gasteiger partial charge on any atom is 0.252 e. The third-order valence-electron chi connectivity index (χ3n) is 4.75. The summed E-state index contributed by atoms with van der Waals surface area (Å²) in [6.45, 7) is 4.13. The van der Waals surface area contributed by atoms with E-state index < -0.39 is 0 Å². The number of amides is 1. The molecule has 4 rings (SSSR count). The molecule has 0 radical (unpaired) electrons. The summed E-state index contributed by atoms with van der Waals surface area (Å²) in [6, 6.07) is 9.52. The molecule has 1 aliphatic rings. The van der Waals surface area contributed by atoms with Crippen LogP contribution in [0.4, 0.5) is 4.39 Å². The van der Waals surface area contributed by atoms with E-state index in [2.05, 4.69) is 25.3 Å².